The quantitative estimate of drug-likeness (QED) is 0.827. The smallest absolute Gasteiger partial charge is 0.119 e. The van der Waals surface area contributed by atoms with Crippen LogP contribution in [0.2, 0.25) is 0 Å². The van der Waals surface area contributed by atoms with Crippen LogP contribution in [0.4, 0.5) is 0 Å². The van der Waals surface area contributed by atoms with Gasteiger partial charge < -0.3 is 10.1 Å². The zero-order chi connectivity index (χ0) is 13.0. The summed E-state index contributed by atoms with van der Waals surface area (Å²) in [7, 11) is 0. The summed E-state index contributed by atoms with van der Waals surface area (Å²) >= 11 is 0. The Morgan fingerprint density at radius 3 is 2.94 bits per heavy atom. The third-order valence-corrected chi connectivity index (χ3v) is 3.61. The van der Waals surface area contributed by atoms with E-state index in [9.17, 15) is 0 Å². The van der Waals surface area contributed by atoms with E-state index in [2.05, 4.69) is 44.3 Å². The second-order valence-electron chi connectivity index (χ2n) is 5.54. The fraction of sp³-hybridized carbons (Fsp3) is 0.625. The molecule has 100 valence electrons. The van der Waals surface area contributed by atoms with E-state index in [1.165, 1.54) is 24.0 Å². The van der Waals surface area contributed by atoms with Gasteiger partial charge in [-0.1, -0.05) is 26.8 Å². The Morgan fingerprint density at radius 1 is 1.39 bits per heavy atom. The van der Waals surface area contributed by atoms with E-state index in [4.69, 9.17) is 4.74 Å². The fourth-order valence-corrected chi connectivity index (χ4v) is 2.55. The normalized spacial score (nSPS) is 18.1. The second kappa shape index (κ2) is 6.24. The first-order valence-electron chi connectivity index (χ1n) is 7.19. The number of nitrogens with one attached hydrogen (secondary N) is 1. The van der Waals surface area contributed by atoms with Crippen LogP contribution in [0.3, 0.4) is 0 Å². The Labute approximate surface area is 111 Å². The molecule has 0 saturated carbocycles. The lowest BCUT2D eigenvalue weighted by atomic mass is 10.1. The van der Waals surface area contributed by atoms with E-state index in [1.54, 1.807) is 0 Å². The van der Waals surface area contributed by atoms with E-state index in [0.717, 1.165) is 25.3 Å². The molecule has 0 radical (unpaired) electrons. The lowest BCUT2D eigenvalue weighted by Gasteiger charge is -2.13. The third kappa shape index (κ3) is 3.26. The SMILES string of the molecule is CCNC1CCc2cc(OCCC(C)C)ccc21. The van der Waals surface area contributed by atoms with Gasteiger partial charge in [-0.15, -0.1) is 0 Å². The summed E-state index contributed by atoms with van der Waals surface area (Å²) in [5.74, 6) is 1.74. The molecule has 1 aromatic carbocycles. The van der Waals surface area contributed by atoms with Gasteiger partial charge >= 0.3 is 0 Å². The van der Waals surface area contributed by atoms with E-state index < -0.39 is 0 Å². The Kier molecular flexibility index (Phi) is 4.65. The highest BCUT2D eigenvalue weighted by Crippen LogP contribution is 2.33. The van der Waals surface area contributed by atoms with Gasteiger partial charge in [0, 0.05) is 6.04 Å². The van der Waals surface area contributed by atoms with Crippen molar-refractivity contribution in [1.82, 2.24) is 5.32 Å². The van der Waals surface area contributed by atoms with Gasteiger partial charge in [0.05, 0.1) is 6.61 Å². The predicted octanol–water partition coefficient (Wildman–Crippen LogP) is 3.71. The van der Waals surface area contributed by atoms with Crippen LogP contribution in [-0.2, 0) is 6.42 Å². The molecular weight excluding hydrogens is 222 g/mol. The first-order valence-corrected chi connectivity index (χ1v) is 7.19. The maximum Gasteiger partial charge on any atom is 0.119 e. The van der Waals surface area contributed by atoms with Crippen molar-refractivity contribution < 1.29 is 4.74 Å². The number of hydrogen-bond donors (Lipinski definition) is 1. The lowest BCUT2D eigenvalue weighted by Crippen LogP contribution is -2.18. The van der Waals surface area contributed by atoms with Crippen LogP contribution in [0.5, 0.6) is 5.75 Å². The maximum absolute atomic E-state index is 5.82. The third-order valence-electron chi connectivity index (χ3n) is 3.61. The number of rotatable bonds is 6. The molecule has 1 aliphatic carbocycles. The minimum Gasteiger partial charge on any atom is -0.494 e. The van der Waals surface area contributed by atoms with Crippen LogP contribution in [0.25, 0.3) is 0 Å². The van der Waals surface area contributed by atoms with Crippen LogP contribution in [0.15, 0.2) is 18.2 Å². The molecule has 0 spiro atoms. The summed E-state index contributed by atoms with van der Waals surface area (Å²) in [6, 6.07) is 7.14. The van der Waals surface area contributed by atoms with Crippen molar-refractivity contribution in [3.63, 3.8) is 0 Å². The standard InChI is InChI=1S/C16H25NO/c1-4-17-16-8-5-13-11-14(6-7-15(13)16)18-10-9-12(2)3/h6-7,11-12,16-17H,4-5,8-10H2,1-3H3. The van der Waals surface area contributed by atoms with Crippen molar-refractivity contribution in [3.05, 3.63) is 29.3 Å². The molecular formula is C16H25NO. The molecule has 0 heterocycles. The van der Waals surface area contributed by atoms with Gasteiger partial charge in [0.25, 0.3) is 0 Å². The summed E-state index contributed by atoms with van der Waals surface area (Å²) in [5.41, 5.74) is 2.93. The number of fused-ring (bicyclic) bond motifs is 1. The molecule has 0 saturated heterocycles. The number of benzene rings is 1. The van der Waals surface area contributed by atoms with Crippen molar-refractivity contribution in [1.29, 1.82) is 0 Å². The first kappa shape index (κ1) is 13.4. The summed E-state index contributed by atoms with van der Waals surface area (Å²) in [6.45, 7) is 8.49. The lowest BCUT2D eigenvalue weighted by molar-refractivity contribution is 0.289. The predicted molar refractivity (Wildman–Crippen MR) is 76.1 cm³/mol. The van der Waals surface area contributed by atoms with E-state index in [0.29, 0.717) is 12.0 Å². The van der Waals surface area contributed by atoms with Gasteiger partial charge in [0.1, 0.15) is 5.75 Å². The van der Waals surface area contributed by atoms with Gasteiger partial charge in [-0.25, -0.2) is 0 Å². The highest BCUT2D eigenvalue weighted by atomic mass is 16.5. The van der Waals surface area contributed by atoms with Crippen LogP contribution < -0.4 is 10.1 Å². The highest BCUT2D eigenvalue weighted by molar-refractivity contribution is 5.40. The Bertz CT molecular complexity index is 387. The summed E-state index contributed by atoms with van der Waals surface area (Å²) in [5, 5.41) is 3.54. The van der Waals surface area contributed by atoms with Gasteiger partial charge in [0.15, 0.2) is 0 Å². The number of ether oxygens (including phenoxy) is 1. The van der Waals surface area contributed by atoms with E-state index in [1.807, 2.05) is 0 Å². The molecule has 18 heavy (non-hydrogen) atoms. The van der Waals surface area contributed by atoms with Gasteiger partial charge in [-0.05, 0) is 55.0 Å². The van der Waals surface area contributed by atoms with Crippen LogP contribution in [0.1, 0.15) is 50.8 Å². The molecule has 1 unspecified atom stereocenters. The van der Waals surface area contributed by atoms with Gasteiger partial charge in [-0.3, -0.25) is 0 Å². The topological polar surface area (TPSA) is 21.3 Å². The molecule has 1 atom stereocenters. The molecule has 2 heteroatoms. The molecule has 1 aromatic rings. The molecule has 1 aliphatic rings. The Morgan fingerprint density at radius 2 is 2.22 bits per heavy atom. The molecule has 1 N–H and O–H groups in total. The van der Waals surface area contributed by atoms with Crippen LogP contribution in [0, 0.1) is 5.92 Å². The Hall–Kier alpha value is -1.02. The minimum absolute atomic E-state index is 0.551. The largest absolute Gasteiger partial charge is 0.494 e. The van der Waals surface area contributed by atoms with Crippen molar-refractivity contribution in [2.24, 2.45) is 5.92 Å². The van der Waals surface area contributed by atoms with Crippen molar-refractivity contribution in [2.45, 2.75) is 46.1 Å². The summed E-state index contributed by atoms with van der Waals surface area (Å²) in [4.78, 5) is 0. The average Bonchev–Trinajstić information content (AvgIpc) is 2.72. The first-order chi connectivity index (χ1) is 8.70. The molecule has 0 aromatic heterocycles. The molecule has 0 aliphatic heterocycles. The molecule has 0 fully saturated rings. The molecule has 2 nitrogen and oxygen atoms in total. The Balaban J connectivity index is 1.96. The summed E-state index contributed by atoms with van der Waals surface area (Å²) in [6.07, 6.45) is 3.52. The summed E-state index contributed by atoms with van der Waals surface area (Å²) < 4.78 is 5.82. The molecule has 2 rings (SSSR count). The van der Waals surface area contributed by atoms with Crippen LogP contribution in [-0.4, -0.2) is 13.2 Å². The van der Waals surface area contributed by atoms with Gasteiger partial charge in [0.2, 0.25) is 0 Å². The van der Waals surface area contributed by atoms with E-state index >= 15 is 0 Å². The zero-order valence-corrected chi connectivity index (χ0v) is 11.8. The molecule has 0 bridgehead atoms. The van der Waals surface area contributed by atoms with Crippen molar-refractivity contribution >= 4 is 0 Å². The van der Waals surface area contributed by atoms with Crippen molar-refractivity contribution in [2.75, 3.05) is 13.2 Å². The number of hydrogen-bond acceptors (Lipinski definition) is 2. The van der Waals surface area contributed by atoms with Gasteiger partial charge in [-0.2, -0.15) is 0 Å². The molecule has 0 amide bonds. The monoisotopic (exact) mass is 247 g/mol. The van der Waals surface area contributed by atoms with Crippen molar-refractivity contribution in [3.8, 4) is 5.75 Å². The highest BCUT2D eigenvalue weighted by Gasteiger charge is 2.21. The van der Waals surface area contributed by atoms with Crippen LogP contribution >= 0.6 is 0 Å². The minimum atomic E-state index is 0.551. The number of aryl methyl sites for hydroxylation is 1. The second-order valence-corrected chi connectivity index (χ2v) is 5.54. The maximum atomic E-state index is 5.82. The average molecular weight is 247 g/mol. The zero-order valence-electron chi connectivity index (χ0n) is 11.8. The fourth-order valence-electron chi connectivity index (χ4n) is 2.55. The van der Waals surface area contributed by atoms with E-state index in [-0.39, 0.29) is 0 Å².